The molecule has 2 aromatic carbocycles. The molecule has 0 atom stereocenters. The molecule has 1 amide bonds. The highest BCUT2D eigenvalue weighted by atomic mass is 16.5. The molecule has 5 rings (SSSR count). The quantitative estimate of drug-likeness (QED) is 0.511. The molecule has 1 saturated heterocycles. The summed E-state index contributed by atoms with van der Waals surface area (Å²) in [6, 6.07) is 14.0. The predicted octanol–water partition coefficient (Wildman–Crippen LogP) is 2.93. The van der Waals surface area contributed by atoms with Gasteiger partial charge in [-0.05, 0) is 31.2 Å². The van der Waals surface area contributed by atoms with Gasteiger partial charge in [0.1, 0.15) is 16.8 Å². The Balaban J connectivity index is 1.23. The van der Waals surface area contributed by atoms with Crippen LogP contribution >= 0.6 is 0 Å². The van der Waals surface area contributed by atoms with E-state index in [0.717, 1.165) is 41.0 Å². The Morgan fingerprint density at radius 2 is 1.94 bits per heavy atom. The Labute approximate surface area is 191 Å². The van der Waals surface area contributed by atoms with Gasteiger partial charge < -0.3 is 19.5 Å². The van der Waals surface area contributed by atoms with Crippen molar-refractivity contribution in [3.05, 3.63) is 64.7 Å². The maximum absolute atomic E-state index is 13.0. The summed E-state index contributed by atoms with van der Waals surface area (Å²) in [6.45, 7) is 5.17. The van der Waals surface area contributed by atoms with E-state index < -0.39 is 0 Å². The number of methoxy groups -OCH3 is 1. The number of rotatable bonds is 5. The van der Waals surface area contributed by atoms with E-state index in [1.54, 1.807) is 13.4 Å². The van der Waals surface area contributed by atoms with Gasteiger partial charge in [-0.25, -0.2) is 4.98 Å². The fraction of sp³-hybridized carbons (Fsp3) is 0.320. The molecule has 1 fully saturated rings. The molecule has 0 unspecified atom stereocenters. The van der Waals surface area contributed by atoms with E-state index in [2.05, 4.69) is 20.9 Å². The zero-order valence-electron chi connectivity index (χ0n) is 18.9. The SMILES string of the molecule is COc1cccc(N2CCN(C(=O)CCn3cnc4c([nH]c5ccc(C)cc54)c3=O)CC2)c1. The van der Waals surface area contributed by atoms with Crippen molar-refractivity contribution in [2.45, 2.75) is 19.9 Å². The van der Waals surface area contributed by atoms with Gasteiger partial charge in [-0.2, -0.15) is 0 Å². The van der Waals surface area contributed by atoms with Crippen LogP contribution in [0.1, 0.15) is 12.0 Å². The van der Waals surface area contributed by atoms with Crippen LogP contribution in [0.25, 0.3) is 21.9 Å². The van der Waals surface area contributed by atoms with Crippen LogP contribution in [0.5, 0.6) is 5.75 Å². The second-order valence-corrected chi connectivity index (χ2v) is 8.46. The number of aryl methyl sites for hydroxylation is 2. The molecule has 4 aromatic rings. The number of nitrogens with zero attached hydrogens (tertiary/aromatic N) is 4. The topological polar surface area (TPSA) is 83.5 Å². The molecular formula is C25H27N5O3. The number of piperazine rings is 1. The molecule has 8 nitrogen and oxygen atoms in total. The zero-order chi connectivity index (χ0) is 22.9. The fourth-order valence-electron chi connectivity index (χ4n) is 4.46. The van der Waals surface area contributed by atoms with Gasteiger partial charge in [-0.3, -0.25) is 14.2 Å². The minimum Gasteiger partial charge on any atom is -0.497 e. The number of nitrogens with one attached hydrogen (secondary N) is 1. The zero-order valence-corrected chi connectivity index (χ0v) is 18.9. The summed E-state index contributed by atoms with van der Waals surface area (Å²) in [4.78, 5) is 37.6. The molecule has 0 aliphatic carbocycles. The average molecular weight is 446 g/mol. The van der Waals surface area contributed by atoms with Gasteiger partial charge >= 0.3 is 0 Å². The largest absolute Gasteiger partial charge is 0.497 e. The number of H-pyrrole nitrogens is 1. The van der Waals surface area contributed by atoms with Crippen LogP contribution in [0.15, 0.2) is 53.6 Å². The fourth-order valence-corrected chi connectivity index (χ4v) is 4.46. The number of fused-ring (bicyclic) bond motifs is 3. The first kappa shape index (κ1) is 21.1. The highest BCUT2D eigenvalue weighted by Crippen LogP contribution is 2.23. The number of amides is 1. The molecule has 0 bridgehead atoms. The van der Waals surface area contributed by atoms with Crippen LogP contribution in [0.2, 0.25) is 0 Å². The number of carbonyl (C=O) groups is 1. The second kappa shape index (κ2) is 8.61. The minimum atomic E-state index is -0.149. The summed E-state index contributed by atoms with van der Waals surface area (Å²) in [5, 5.41) is 0.944. The van der Waals surface area contributed by atoms with E-state index in [0.29, 0.717) is 30.7 Å². The third kappa shape index (κ3) is 4.04. The predicted molar refractivity (Wildman–Crippen MR) is 129 cm³/mol. The molecule has 1 aliphatic rings. The number of hydrogen-bond donors (Lipinski definition) is 1. The lowest BCUT2D eigenvalue weighted by atomic mass is 10.2. The molecule has 33 heavy (non-hydrogen) atoms. The number of carbonyl (C=O) groups excluding carboxylic acids is 1. The van der Waals surface area contributed by atoms with Gasteiger partial charge in [0.25, 0.3) is 5.56 Å². The number of aromatic amines is 1. The number of anilines is 1. The standard InChI is InChI=1S/C25H27N5O3/c1-17-6-7-21-20(14-17)23-24(27-21)25(32)30(16-26-23)9-8-22(31)29-12-10-28(11-13-29)18-4-3-5-19(15-18)33-2/h3-7,14-16,27H,8-13H2,1-2H3. The van der Waals surface area contributed by atoms with Crippen molar-refractivity contribution in [2.75, 3.05) is 38.2 Å². The van der Waals surface area contributed by atoms with Gasteiger partial charge in [0.15, 0.2) is 0 Å². The van der Waals surface area contributed by atoms with Gasteiger partial charge in [0.05, 0.1) is 13.4 Å². The second-order valence-electron chi connectivity index (χ2n) is 8.46. The molecule has 170 valence electrons. The normalized spacial score (nSPS) is 14.2. The summed E-state index contributed by atoms with van der Waals surface area (Å²) in [6.07, 6.45) is 1.82. The third-order valence-electron chi connectivity index (χ3n) is 6.35. The molecular weight excluding hydrogens is 418 g/mol. The monoisotopic (exact) mass is 445 g/mol. The number of aromatic nitrogens is 3. The first-order valence-electron chi connectivity index (χ1n) is 11.2. The Morgan fingerprint density at radius 1 is 1.12 bits per heavy atom. The van der Waals surface area contributed by atoms with Crippen LogP contribution < -0.4 is 15.2 Å². The minimum absolute atomic E-state index is 0.0551. The highest BCUT2D eigenvalue weighted by molar-refractivity contribution is 6.04. The van der Waals surface area contributed by atoms with Gasteiger partial charge in [0, 0.05) is 61.8 Å². The van der Waals surface area contributed by atoms with Crippen molar-refractivity contribution in [3.63, 3.8) is 0 Å². The lowest BCUT2D eigenvalue weighted by Gasteiger charge is -2.36. The first-order valence-corrected chi connectivity index (χ1v) is 11.2. The van der Waals surface area contributed by atoms with Crippen molar-refractivity contribution in [3.8, 4) is 5.75 Å². The third-order valence-corrected chi connectivity index (χ3v) is 6.35. The van der Waals surface area contributed by atoms with Crippen LogP contribution in [0.3, 0.4) is 0 Å². The highest BCUT2D eigenvalue weighted by Gasteiger charge is 2.22. The molecule has 1 N–H and O–H groups in total. The number of benzene rings is 2. The smallest absolute Gasteiger partial charge is 0.277 e. The molecule has 8 heteroatoms. The maximum Gasteiger partial charge on any atom is 0.277 e. The van der Waals surface area contributed by atoms with E-state index in [1.807, 2.05) is 48.2 Å². The summed E-state index contributed by atoms with van der Waals surface area (Å²) in [5.41, 5.74) is 4.12. The maximum atomic E-state index is 13.0. The van der Waals surface area contributed by atoms with Crippen molar-refractivity contribution < 1.29 is 9.53 Å². The lowest BCUT2D eigenvalue weighted by Crippen LogP contribution is -2.49. The van der Waals surface area contributed by atoms with E-state index >= 15 is 0 Å². The van der Waals surface area contributed by atoms with Crippen molar-refractivity contribution in [1.82, 2.24) is 19.4 Å². The van der Waals surface area contributed by atoms with Crippen molar-refractivity contribution in [2.24, 2.45) is 0 Å². The van der Waals surface area contributed by atoms with Gasteiger partial charge in [-0.1, -0.05) is 17.7 Å². The summed E-state index contributed by atoms with van der Waals surface area (Å²) >= 11 is 0. The molecule has 2 aromatic heterocycles. The summed E-state index contributed by atoms with van der Waals surface area (Å²) in [7, 11) is 1.66. The summed E-state index contributed by atoms with van der Waals surface area (Å²) < 4.78 is 6.83. The van der Waals surface area contributed by atoms with Crippen LogP contribution in [0, 0.1) is 6.92 Å². The molecule has 0 spiro atoms. The number of ether oxygens (including phenoxy) is 1. The van der Waals surface area contributed by atoms with E-state index in [9.17, 15) is 9.59 Å². The van der Waals surface area contributed by atoms with Crippen molar-refractivity contribution in [1.29, 1.82) is 0 Å². The summed E-state index contributed by atoms with van der Waals surface area (Å²) in [5.74, 6) is 0.881. The van der Waals surface area contributed by atoms with E-state index in [1.165, 1.54) is 4.57 Å². The Morgan fingerprint density at radius 3 is 2.73 bits per heavy atom. The Hall–Kier alpha value is -3.81. The van der Waals surface area contributed by atoms with Crippen molar-refractivity contribution >= 4 is 33.5 Å². The van der Waals surface area contributed by atoms with E-state index in [4.69, 9.17) is 4.74 Å². The van der Waals surface area contributed by atoms with E-state index in [-0.39, 0.29) is 17.9 Å². The van der Waals surface area contributed by atoms with Crippen LogP contribution in [-0.2, 0) is 11.3 Å². The molecule has 0 radical (unpaired) electrons. The first-order chi connectivity index (χ1) is 16.0. The number of hydrogen-bond acceptors (Lipinski definition) is 5. The average Bonchev–Trinajstić information content (AvgIpc) is 3.22. The van der Waals surface area contributed by atoms with Gasteiger partial charge in [0.2, 0.25) is 5.91 Å². The van der Waals surface area contributed by atoms with Crippen LogP contribution in [-0.4, -0.2) is 58.6 Å². The van der Waals surface area contributed by atoms with Gasteiger partial charge in [-0.15, -0.1) is 0 Å². The lowest BCUT2D eigenvalue weighted by molar-refractivity contribution is -0.131. The van der Waals surface area contributed by atoms with Crippen LogP contribution in [0.4, 0.5) is 5.69 Å². The molecule has 1 aliphatic heterocycles. The Kier molecular flexibility index (Phi) is 5.50. The molecule has 3 heterocycles. The molecule has 0 saturated carbocycles. The Bertz CT molecular complexity index is 1380.